The topological polar surface area (TPSA) is 269 Å². The Hall–Kier alpha value is -11.6. The van der Waals surface area contributed by atoms with Gasteiger partial charge in [0.15, 0.2) is 0 Å². The van der Waals surface area contributed by atoms with E-state index in [1.54, 1.807) is 54.6 Å². The first-order valence-electron chi connectivity index (χ1n) is 38.3. The quantitative estimate of drug-likeness (QED) is 0.0466. The number of carbonyl (C=O) groups is 6. The van der Waals surface area contributed by atoms with Gasteiger partial charge in [-0.1, -0.05) is 101 Å². The summed E-state index contributed by atoms with van der Waals surface area (Å²) < 4.78 is 41.4. The van der Waals surface area contributed by atoms with E-state index < -0.39 is 47.3 Å². The Labute approximate surface area is 644 Å². The van der Waals surface area contributed by atoms with E-state index >= 15 is 28.8 Å². The van der Waals surface area contributed by atoms with Crippen molar-refractivity contribution < 1.29 is 57.2 Å². The number of carbonyl (C=O) groups excluding carboxylic acids is 6. The van der Waals surface area contributed by atoms with E-state index in [9.17, 15) is 0 Å². The van der Waals surface area contributed by atoms with Gasteiger partial charge in [0.25, 0.3) is 35.4 Å². The average Bonchev–Trinajstić information content (AvgIpc) is 0.749. The van der Waals surface area contributed by atoms with Crippen molar-refractivity contribution in [1.82, 2.24) is 15.0 Å². The molecule has 0 saturated carbocycles. The maximum atomic E-state index is 15.4. The minimum Gasteiger partial charge on any atom is -0.493 e. The number of rotatable bonds is 18. The zero-order valence-electron chi connectivity index (χ0n) is 66.2. The fraction of sp³-hybridized carbons (Fsp3) is 0.360. The van der Waals surface area contributed by atoms with Crippen LogP contribution < -0.4 is 60.3 Å². The summed E-state index contributed by atoms with van der Waals surface area (Å²) in [6.07, 6.45) is 0. The average molecular weight is 1490 g/mol. The van der Waals surface area contributed by atoms with Gasteiger partial charge in [-0.2, -0.15) is 0 Å². The lowest BCUT2D eigenvalue weighted by Crippen LogP contribution is -2.21. The van der Waals surface area contributed by atoms with Crippen LogP contribution in [0.2, 0.25) is 0 Å². The fourth-order valence-electron chi connectivity index (χ4n) is 14.4. The lowest BCUT2D eigenvalue weighted by atomic mass is 9.78. The molecular formula is C89H101N9O12. The second-order valence-electron chi connectivity index (χ2n) is 29.2. The molecule has 3 aliphatic rings. The van der Waals surface area contributed by atoms with Gasteiger partial charge in [-0.3, -0.25) is 28.8 Å². The van der Waals surface area contributed by atoms with E-state index in [-0.39, 0.29) is 109 Å². The monoisotopic (exact) mass is 1490 g/mol. The summed E-state index contributed by atoms with van der Waals surface area (Å²) in [5, 5.41) is 19.1. The van der Waals surface area contributed by atoms with E-state index in [1.165, 1.54) is 0 Å². The summed E-state index contributed by atoms with van der Waals surface area (Å²) >= 11 is 0. The van der Waals surface area contributed by atoms with Gasteiger partial charge < -0.3 is 60.3 Å². The van der Waals surface area contributed by atoms with Crippen LogP contribution >= 0.6 is 0 Å². The minimum atomic E-state index is -1.02. The number of nitrogens with one attached hydrogen (secondary N) is 6. The van der Waals surface area contributed by atoms with Crippen LogP contribution in [-0.2, 0) is 0 Å². The van der Waals surface area contributed by atoms with E-state index in [1.807, 2.05) is 197 Å². The van der Waals surface area contributed by atoms with Gasteiger partial charge in [0.05, 0.1) is 39.6 Å². The molecular weight excluding hydrogens is 1390 g/mol. The summed E-state index contributed by atoms with van der Waals surface area (Å²) in [7, 11) is 0. The normalized spacial score (nSPS) is 14.6. The number of ether oxygens (including phenoxy) is 6. The molecule has 0 atom stereocenters. The van der Waals surface area contributed by atoms with Crippen molar-refractivity contribution in [2.24, 2.45) is 0 Å². The smallest absolute Gasteiger partial charge is 0.274 e. The Morgan fingerprint density at radius 2 is 0.400 bits per heavy atom. The summed E-state index contributed by atoms with van der Waals surface area (Å²) in [6.45, 7) is 36.8. The second kappa shape index (κ2) is 34.3. The lowest BCUT2D eigenvalue weighted by Gasteiger charge is -2.31. The molecule has 110 heavy (non-hydrogen) atoms. The molecule has 21 heteroatoms. The summed E-state index contributed by atoms with van der Waals surface area (Å²) in [6, 6.07) is 36.3. The number of anilines is 6. The number of benzene rings is 6. The maximum absolute atomic E-state index is 15.4. The maximum Gasteiger partial charge on any atom is 0.274 e. The van der Waals surface area contributed by atoms with Crippen molar-refractivity contribution in [3.8, 4) is 34.5 Å². The third kappa shape index (κ3) is 16.8. The van der Waals surface area contributed by atoms with Crippen LogP contribution in [0, 0.1) is 0 Å². The van der Waals surface area contributed by atoms with Crippen molar-refractivity contribution in [2.75, 3.05) is 71.5 Å². The SMILES string of the molecule is CCOc1c(C(C)C)cc2cc1C1c3cc(cc(C(C)C)c3OCC)NC(=O)c3cccc(n3)C(=O)Nc3cc(C(C)C)c(OCC)c(c3)C(c3cc(cc(C(C)C)c3OCC)NC(=O)c3cccc(n3)C(=O)N2)c2cc(cc(C(C)C)c2OCC)NC(=O)c2cccc(n2)C(=O)Nc2cc(C(C)C)c(OCC)c1c2. The Morgan fingerprint density at radius 3 is 0.527 bits per heavy atom. The van der Waals surface area contributed by atoms with Crippen molar-refractivity contribution >= 4 is 69.6 Å². The Balaban J connectivity index is 1.33. The van der Waals surface area contributed by atoms with Crippen LogP contribution in [0.1, 0.15) is 302 Å². The zero-order valence-corrected chi connectivity index (χ0v) is 66.2. The van der Waals surface area contributed by atoms with Crippen molar-refractivity contribution in [1.29, 1.82) is 0 Å². The molecule has 6 aromatic carbocycles. The minimum absolute atomic E-state index is 0.0764. The van der Waals surface area contributed by atoms with Gasteiger partial charge in [0.2, 0.25) is 0 Å². The van der Waals surface area contributed by atoms with Crippen LogP contribution in [0.15, 0.2) is 127 Å². The molecule has 0 unspecified atom stereocenters. The van der Waals surface area contributed by atoms with Gasteiger partial charge in [-0.25, -0.2) is 15.0 Å². The molecule has 3 aromatic heterocycles. The number of hydrogen-bond donors (Lipinski definition) is 6. The highest BCUT2D eigenvalue weighted by Crippen LogP contribution is 2.55. The predicted octanol–water partition coefficient (Wildman–Crippen LogP) is 19.5. The van der Waals surface area contributed by atoms with Gasteiger partial charge in [-0.05, 0) is 220 Å². The molecule has 6 amide bonds. The first kappa shape index (κ1) is 79.4. The highest BCUT2D eigenvalue weighted by molar-refractivity contribution is 6.09. The van der Waals surface area contributed by atoms with Crippen molar-refractivity contribution in [2.45, 2.75) is 172 Å². The highest BCUT2D eigenvalue weighted by Gasteiger charge is 2.38. The number of pyridine rings is 3. The Kier molecular flexibility index (Phi) is 24.8. The van der Waals surface area contributed by atoms with E-state index in [4.69, 9.17) is 43.4 Å². The largest absolute Gasteiger partial charge is 0.493 e. The molecule has 20 bridgehead atoms. The first-order valence-corrected chi connectivity index (χ1v) is 38.3. The van der Waals surface area contributed by atoms with Crippen LogP contribution in [0.5, 0.6) is 34.5 Å². The molecule has 6 N–H and O–H groups in total. The van der Waals surface area contributed by atoms with Crippen LogP contribution in [0.3, 0.4) is 0 Å². The molecule has 12 rings (SSSR count). The molecule has 9 aromatic rings. The second-order valence-corrected chi connectivity index (χ2v) is 29.2. The predicted molar refractivity (Wildman–Crippen MR) is 433 cm³/mol. The zero-order chi connectivity index (χ0) is 79.1. The van der Waals surface area contributed by atoms with E-state index in [0.29, 0.717) is 135 Å². The summed E-state index contributed by atoms with van der Waals surface area (Å²) in [5.74, 6) is -4.53. The fourth-order valence-corrected chi connectivity index (χ4v) is 14.4. The molecule has 21 nitrogen and oxygen atoms in total. The van der Waals surface area contributed by atoms with Crippen molar-refractivity contribution in [3.63, 3.8) is 0 Å². The first-order chi connectivity index (χ1) is 52.7. The van der Waals surface area contributed by atoms with E-state index in [0.717, 1.165) is 0 Å². The van der Waals surface area contributed by atoms with Crippen LogP contribution in [0.25, 0.3) is 0 Å². The molecule has 3 aliphatic heterocycles. The van der Waals surface area contributed by atoms with Gasteiger partial charge in [-0.15, -0.1) is 0 Å². The molecule has 0 spiro atoms. The molecule has 0 radical (unpaired) electrons. The molecule has 574 valence electrons. The molecule has 0 aliphatic carbocycles. The number of aromatic nitrogens is 3. The highest BCUT2D eigenvalue weighted by atomic mass is 16.5. The number of amides is 6. The van der Waals surface area contributed by atoms with Crippen LogP contribution in [0.4, 0.5) is 34.1 Å². The standard InChI is InChI=1S/C89H101N9O12/c1-19-105-78-58(46(7)8)34-52-40-64(78)76-65-41-53(35-59(47(9)10)79(65)106-20-2)91-85(100)71-30-26-32-74(97-71)88(103)94-56-38-62(50(15)16)82(109-23-5)68(44-56)77(67-43-55(37-61(49(13)14)81(67)108-22-4)93-87(102)73-29-25-28-70(96-73)84(99)90-52)69-45-57(39-63(51(17)18)83(69)110-24-6)95-89(104)75-33-27-31-72(98-75)86(101)92-54-36-60(48(11)12)80(107-21-3)66(76)42-54/h25-51,76-77H,19-24H2,1-18H3,(H,90,99)(H,91,100)(H,92,101)(H,93,102)(H,94,103)(H,95,104). The number of hydrogen-bond acceptors (Lipinski definition) is 15. The number of fused-ring (bicyclic) bond motifs is 6. The van der Waals surface area contributed by atoms with Gasteiger partial charge in [0, 0.05) is 79.3 Å². The van der Waals surface area contributed by atoms with Crippen LogP contribution in [-0.4, -0.2) is 90.0 Å². The Morgan fingerprint density at radius 1 is 0.255 bits per heavy atom. The summed E-state index contributed by atoms with van der Waals surface area (Å²) in [5.41, 5.74) is 8.87. The Bertz CT molecular complexity index is 4240. The number of nitrogens with zero attached hydrogens (tertiary/aromatic N) is 3. The van der Waals surface area contributed by atoms with Crippen molar-refractivity contribution in [3.05, 3.63) is 228 Å². The molecule has 0 fully saturated rings. The summed E-state index contributed by atoms with van der Waals surface area (Å²) in [4.78, 5) is 107. The van der Waals surface area contributed by atoms with Gasteiger partial charge >= 0.3 is 0 Å². The third-order valence-electron chi connectivity index (χ3n) is 19.4. The lowest BCUT2D eigenvalue weighted by molar-refractivity contribution is 0.0998. The van der Waals surface area contributed by atoms with Gasteiger partial charge in [0.1, 0.15) is 68.7 Å². The molecule has 6 heterocycles. The molecule has 0 saturated heterocycles. The third-order valence-corrected chi connectivity index (χ3v) is 19.4. The van der Waals surface area contributed by atoms with E-state index in [2.05, 4.69) is 31.9 Å².